The lowest BCUT2D eigenvalue weighted by atomic mass is 10.1. The van der Waals surface area contributed by atoms with Crippen molar-refractivity contribution in [2.24, 2.45) is 0 Å². The van der Waals surface area contributed by atoms with E-state index < -0.39 is 9.84 Å². The molecule has 1 saturated heterocycles. The molecular formula is C13H19N3O3S. The maximum Gasteiger partial charge on any atom is 0.253 e. The summed E-state index contributed by atoms with van der Waals surface area (Å²) in [5.74, 6) is 0.186. The van der Waals surface area contributed by atoms with Crippen molar-refractivity contribution in [3.05, 3.63) is 23.8 Å². The Kier molecular flexibility index (Phi) is 3.89. The number of anilines is 2. The second-order valence-electron chi connectivity index (χ2n) is 5.25. The van der Waals surface area contributed by atoms with Gasteiger partial charge in [0.05, 0.1) is 22.9 Å². The average molecular weight is 297 g/mol. The first kappa shape index (κ1) is 14.6. The molecule has 0 bridgehead atoms. The minimum atomic E-state index is -2.95. The lowest BCUT2D eigenvalue weighted by molar-refractivity contribution is 0.0827. The molecule has 110 valence electrons. The molecule has 0 radical (unpaired) electrons. The highest BCUT2D eigenvalue weighted by Gasteiger charge is 2.28. The molecule has 1 amide bonds. The van der Waals surface area contributed by atoms with Gasteiger partial charge in [-0.2, -0.15) is 0 Å². The van der Waals surface area contributed by atoms with Crippen LogP contribution >= 0.6 is 0 Å². The van der Waals surface area contributed by atoms with E-state index in [-0.39, 0.29) is 23.5 Å². The Bertz CT molecular complexity index is 626. The zero-order chi connectivity index (χ0) is 14.9. The molecule has 0 spiro atoms. The van der Waals surface area contributed by atoms with Gasteiger partial charge in [-0.1, -0.05) is 0 Å². The molecule has 1 heterocycles. The Morgan fingerprint density at radius 1 is 1.40 bits per heavy atom. The minimum Gasteiger partial charge on any atom is -0.397 e. The molecule has 1 unspecified atom stereocenters. The number of hydrogen-bond acceptors (Lipinski definition) is 5. The number of benzene rings is 1. The van der Waals surface area contributed by atoms with E-state index in [9.17, 15) is 13.2 Å². The van der Waals surface area contributed by atoms with Crippen LogP contribution < -0.4 is 11.1 Å². The SMILES string of the molecule is CN(C)C(=O)c1ccc(N)c(NC2CCS(=O)(=O)C2)c1. The summed E-state index contributed by atoms with van der Waals surface area (Å²) in [6.45, 7) is 0. The fraction of sp³-hybridized carbons (Fsp3) is 0.462. The predicted octanol–water partition coefficient (Wildman–Crippen LogP) is 0.570. The largest absolute Gasteiger partial charge is 0.397 e. The van der Waals surface area contributed by atoms with E-state index in [0.29, 0.717) is 23.4 Å². The molecule has 1 aromatic rings. The van der Waals surface area contributed by atoms with E-state index in [1.807, 2.05) is 0 Å². The molecule has 1 aliphatic heterocycles. The van der Waals surface area contributed by atoms with E-state index in [0.717, 1.165) is 0 Å². The van der Waals surface area contributed by atoms with Gasteiger partial charge in [-0.25, -0.2) is 8.42 Å². The number of nitrogen functional groups attached to an aromatic ring is 1. The molecular weight excluding hydrogens is 278 g/mol. The van der Waals surface area contributed by atoms with Gasteiger partial charge in [0.15, 0.2) is 9.84 Å². The van der Waals surface area contributed by atoms with Crippen molar-refractivity contribution in [2.45, 2.75) is 12.5 Å². The van der Waals surface area contributed by atoms with Crippen LogP contribution in [0.3, 0.4) is 0 Å². The molecule has 20 heavy (non-hydrogen) atoms. The number of carbonyl (C=O) groups excluding carboxylic acids is 1. The van der Waals surface area contributed by atoms with Gasteiger partial charge in [-0.05, 0) is 24.6 Å². The van der Waals surface area contributed by atoms with Crippen LogP contribution in [-0.2, 0) is 9.84 Å². The fourth-order valence-electron chi connectivity index (χ4n) is 2.20. The molecule has 1 aromatic carbocycles. The monoisotopic (exact) mass is 297 g/mol. The fourth-order valence-corrected chi connectivity index (χ4v) is 3.87. The van der Waals surface area contributed by atoms with Crippen LogP contribution in [0, 0.1) is 0 Å². The maximum absolute atomic E-state index is 11.9. The summed E-state index contributed by atoms with van der Waals surface area (Å²) in [7, 11) is 0.405. The van der Waals surface area contributed by atoms with Crippen molar-refractivity contribution in [3.8, 4) is 0 Å². The van der Waals surface area contributed by atoms with Gasteiger partial charge in [0, 0.05) is 25.7 Å². The van der Waals surface area contributed by atoms with Gasteiger partial charge in [-0.15, -0.1) is 0 Å². The van der Waals surface area contributed by atoms with E-state index in [1.54, 1.807) is 32.3 Å². The second-order valence-corrected chi connectivity index (χ2v) is 7.47. The standard InChI is InChI=1S/C13H19N3O3S/c1-16(2)13(17)9-3-4-11(14)12(7-9)15-10-5-6-20(18,19)8-10/h3-4,7,10,15H,5-6,8,14H2,1-2H3. The summed E-state index contributed by atoms with van der Waals surface area (Å²) in [5.41, 5.74) is 7.51. The zero-order valence-electron chi connectivity index (χ0n) is 11.6. The first-order chi connectivity index (χ1) is 9.28. The highest BCUT2D eigenvalue weighted by molar-refractivity contribution is 7.91. The van der Waals surface area contributed by atoms with Crippen molar-refractivity contribution in [2.75, 3.05) is 36.7 Å². The molecule has 6 nitrogen and oxygen atoms in total. The lowest BCUT2D eigenvalue weighted by Gasteiger charge is -2.17. The summed E-state index contributed by atoms with van der Waals surface area (Å²) < 4.78 is 22.9. The van der Waals surface area contributed by atoms with Crippen molar-refractivity contribution < 1.29 is 13.2 Å². The van der Waals surface area contributed by atoms with Crippen molar-refractivity contribution in [3.63, 3.8) is 0 Å². The molecule has 0 saturated carbocycles. The smallest absolute Gasteiger partial charge is 0.253 e. The number of hydrogen-bond donors (Lipinski definition) is 2. The van der Waals surface area contributed by atoms with Gasteiger partial charge in [0.1, 0.15) is 0 Å². The second kappa shape index (κ2) is 5.32. The Hall–Kier alpha value is -1.76. The van der Waals surface area contributed by atoms with Crippen LogP contribution in [0.1, 0.15) is 16.8 Å². The van der Waals surface area contributed by atoms with Gasteiger partial charge in [0.25, 0.3) is 5.91 Å². The molecule has 3 N–H and O–H groups in total. The predicted molar refractivity (Wildman–Crippen MR) is 79.6 cm³/mol. The summed E-state index contributed by atoms with van der Waals surface area (Å²) in [6.07, 6.45) is 0.563. The third-order valence-electron chi connectivity index (χ3n) is 3.30. The highest BCUT2D eigenvalue weighted by atomic mass is 32.2. The summed E-state index contributed by atoms with van der Waals surface area (Å²) in [4.78, 5) is 13.4. The number of nitrogens with two attached hydrogens (primary N) is 1. The number of sulfone groups is 1. The molecule has 0 aliphatic carbocycles. The average Bonchev–Trinajstić information content (AvgIpc) is 2.70. The Morgan fingerprint density at radius 2 is 2.10 bits per heavy atom. The summed E-state index contributed by atoms with van der Waals surface area (Å²) in [6, 6.07) is 4.84. The first-order valence-corrected chi connectivity index (χ1v) is 8.19. The van der Waals surface area contributed by atoms with E-state index in [1.165, 1.54) is 4.90 Å². The summed E-state index contributed by atoms with van der Waals surface area (Å²) in [5, 5.41) is 3.12. The maximum atomic E-state index is 11.9. The summed E-state index contributed by atoms with van der Waals surface area (Å²) >= 11 is 0. The van der Waals surface area contributed by atoms with E-state index >= 15 is 0 Å². The lowest BCUT2D eigenvalue weighted by Crippen LogP contribution is -2.23. The topological polar surface area (TPSA) is 92.5 Å². The quantitative estimate of drug-likeness (QED) is 0.796. The molecule has 1 atom stereocenters. The van der Waals surface area contributed by atoms with Crippen LogP contribution in [0.15, 0.2) is 18.2 Å². The normalized spacial score (nSPS) is 20.6. The molecule has 0 aromatic heterocycles. The third kappa shape index (κ3) is 3.22. The van der Waals surface area contributed by atoms with Crippen molar-refractivity contribution >= 4 is 27.1 Å². The van der Waals surface area contributed by atoms with Gasteiger partial charge in [0.2, 0.25) is 0 Å². The minimum absolute atomic E-state index is 0.109. The number of rotatable bonds is 3. The Morgan fingerprint density at radius 3 is 2.65 bits per heavy atom. The van der Waals surface area contributed by atoms with Crippen LogP contribution in [-0.4, -0.2) is 50.9 Å². The molecule has 1 aliphatic rings. The van der Waals surface area contributed by atoms with Crippen molar-refractivity contribution in [1.29, 1.82) is 0 Å². The third-order valence-corrected chi connectivity index (χ3v) is 5.07. The molecule has 1 fully saturated rings. The van der Waals surface area contributed by atoms with E-state index in [4.69, 9.17) is 5.73 Å². The highest BCUT2D eigenvalue weighted by Crippen LogP contribution is 2.24. The number of amides is 1. The first-order valence-electron chi connectivity index (χ1n) is 6.36. The van der Waals surface area contributed by atoms with Gasteiger partial charge < -0.3 is 16.0 Å². The van der Waals surface area contributed by atoms with Crippen LogP contribution in [0.2, 0.25) is 0 Å². The Balaban J connectivity index is 2.19. The van der Waals surface area contributed by atoms with Crippen LogP contribution in [0.5, 0.6) is 0 Å². The van der Waals surface area contributed by atoms with E-state index in [2.05, 4.69) is 5.32 Å². The van der Waals surface area contributed by atoms with Gasteiger partial charge >= 0.3 is 0 Å². The molecule has 2 rings (SSSR count). The number of nitrogens with one attached hydrogen (secondary N) is 1. The molecule has 7 heteroatoms. The number of nitrogens with zero attached hydrogens (tertiary/aromatic N) is 1. The van der Waals surface area contributed by atoms with Crippen LogP contribution in [0.25, 0.3) is 0 Å². The number of carbonyl (C=O) groups is 1. The Labute approximate surface area is 118 Å². The van der Waals surface area contributed by atoms with Crippen LogP contribution in [0.4, 0.5) is 11.4 Å². The van der Waals surface area contributed by atoms with Crippen molar-refractivity contribution in [1.82, 2.24) is 4.90 Å². The zero-order valence-corrected chi connectivity index (χ0v) is 12.4. The van der Waals surface area contributed by atoms with Gasteiger partial charge in [-0.3, -0.25) is 4.79 Å².